The van der Waals surface area contributed by atoms with E-state index in [-0.39, 0.29) is 5.91 Å². The van der Waals surface area contributed by atoms with Gasteiger partial charge in [0.25, 0.3) is 5.91 Å². The van der Waals surface area contributed by atoms with E-state index in [1.54, 1.807) is 29.7 Å². The molecule has 0 saturated heterocycles. The number of carbonyl (C=O) groups excluding carboxylic acids is 2. The Balaban J connectivity index is 1.39. The number of hydrogen-bond acceptors (Lipinski definition) is 3. The largest absolute Gasteiger partial charge is 0.361 e. The highest BCUT2D eigenvalue weighted by Gasteiger charge is 2.42. The van der Waals surface area contributed by atoms with E-state index in [4.69, 9.17) is 5.21 Å². The number of hydroxylamine groups is 1. The average Bonchev–Trinajstić information content (AvgIpc) is 3.54. The lowest BCUT2D eigenvalue weighted by atomic mass is 9.77. The summed E-state index contributed by atoms with van der Waals surface area (Å²) in [6.45, 7) is 0. The third-order valence-electron chi connectivity index (χ3n) is 6.72. The molecule has 2 amide bonds. The second kappa shape index (κ2) is 8.56. The minimum atomic E-state index is -0.587. The Hall–Kier alpha value is -3.90. The number of H-pyrrole nitrogens is 1. The van der Waals surface area contributed by atoms with Crippen LogP contribution in [0.4, 0.5) is 5.69 Å². The zero-order valence-electron chi connectivity index (χ0n) is 18.1. The topological polar surface area (TPSA) is 94.2 Å². The van der Waals surface area contributed by atoms with E-state index in [9.17, 15) is 9.59 Å². The average molecular weight is 440 g/mol. The molecule has 0 aliphatic heterocycles. The summed E-state index contributed by atoms with van der Waals surface area (Å²) in [6, 6.07) is 23.2. The fraction of sp³-hybridized carbons (Fsp3) is 0.185. The monoisotopic (exact) mass is 439 g/mol. The van der Waals surface area contributed by atoms with Gasteiger partial charge in [0.2, 0.25) is 5.91 Å². The van der Waals surface area contributed by atoms with Crippen LogP contribution in [0.15, 0.2) is 79.0 Å². The van der Waals surface area contributed by atoms with Crippen molar-refractivity contribution < 1.29 is 14.8 Å². The van der Waals surface area contributed by atoms with Crippen molar-refractivity contribution in [1.29, 1.82) is 0 Å². The molecule has 1 fully saturated rings. The van der Waals surface area contributed by atoms with Gasteiger partial charge >= 0.3 is 0 Å². The van der Waals surface area contributed by atoms with E-state index in [1.165, 1.54) is 5.39 Å². The summed E-state index contributed by atoms with van der Waals surface area (Å²) in [5.41, 5.74) is 6.39. The van der Waals surface area contributed by atoms with Crippen molar-refractivity contribution in [2.45, 2.75) is 31.1 Å². The van der Waals surface area contributed by atoms with Crippen LogP contribution in [0.3, 0.4) is 0 Å². The summed E-state index contributed by atoms with van der Waals surface area (Å²) in [6.07, 6.45) is 5.57. The second-order valence-corrected chi connectivity index (χ2v) is 8.62. The maximum absolute atomic E-state index is 13.5. The Labute approximate surface area is 191 Å². The first-order valence-electron chi connectivity index (χ1n) is 11.1. The molecule has 1 aromatic heterocycles. The third-order valence-corrected chi connectivity index (χ3v) is 6.72. The van der Waals surface area contributed by atoms with E-state index in [0.29, 0.717) is 11.3 Å². The number of amides is 2. The summed E-state index contributed by atoms with van der Waals surface area (Å²) in [7, 11) is 0. The van der Waals surface area contributed by atoms with Crippen molar-refractivity contribution in [3.05, 3.63) is 90.1 Å². The maximum atomic E-state index is 13.5. The lowest BCUT2D eigenvalue weighted by Gasteiger charge is -2.28. The highest BCUT2D eigenvalue weighted by Crippen LogP contribution is 2.42. The van der Waals surface area contributed by atoms with Gasteiger partial charge in [-0.15, -0.1) is 0 Å². The Morgan fingerprint density at radius 2 is 1.55 bits per heavy atom. The number of aromatic nitrogens is 1. The molecule has 6 heteroatoms. The van der Waals surface area contributed by atoms with Crippen molar-refractivity contribution in [1.82, 2.24) is 10.5 Å². The molecule has 1 saturated carbocycles. The van der Waals surface area contributed by atoms with Crippen LogP contribution in [-0.4, -0.2) is 22.0 Å². The molecule has 3 aromatic carbocycles. The summed E-state index contributed by atoms with van der Waals surface area (Å²) in [4.78, 5) is 28.2. The summed E-state index contributed by atoms with van der Waals surface area (Å²) in [5, 5.41) is 13.0. The first kappa shape index (κ1) is 21.0. The molecule has 1 heterocycles. The fourth-order valence-corrected chi connectivity index (χ4v) is 4.86. The molecule has 33 heavy (non-hydrogen) atoms. The van der Waals surface area contributed by atoms with Gasteiger partial charge in [0.15, 0.2) is 0 Å². The van der Waals surface area contributed by atoms with Crippen LogP contribution in [-0.2, 0) is 10.2 Å². The van der Waals surface area contributed by atoms with Crippen LogP contribution in [0.1, 0.15) is 41.6 Å². The molecule has 0 spiro atoms. The minimum absolute atomic E-state index is 0.0270. The predicted octanol–water partition coefficient (Wildman–Crippen LogP) is 5.40. The molecule has 0 unspecified atom stereocenters. The number of aromatic amines is 1. The minimum Gasteiger partial charge on any atom is -0.361 e. The van der Waals surface area contributed by atoms with Gasteiger partial charge in [-0.05, 0) is 77.4 Å². The molecule has 5 rings (SSSR count). The Morgan fingerprint density at radius 1 is 0.848 bits per heavy atom. The van der Waals surface area contributed by atoms with E-state index >= 15 is 0 Å². The molecule has 166 valence electrons. The molecule has 0 radical (unpaired) electrons. The van der Waals surface area contributed by atoms with Crippen molar-refractivity contribution >= 4 is 28.4 Å². The van der Waals surface area contributed by atoms with E-state index < -0.39 is 11.3 Å². The van der Waals surface area contributed by atoms with Crippen LogP contribution in [0.5, 0.6) is 0 Å². The Morgan fingerprint density at radius 3 is 2.24 bits per heavy atom. The first-order chi connectivity index (χ1) is 16.1. The van der Waals surface area contributed by atoms with Crippen LogP contribution < -0.4 is 10.8 Å². The van der Waals surface area contributed by atoms with Crippen molar-refractivity contribution in [3.63, 3.8) is 0 Å². The predicted molar refractivity (Wildman–Crippen MR) is 128 cm³/mol. The molecule has 1 aliphatic rings. The second-order valence-electron chi connectivity index (χ2n) is 8.62. The van der Waals surface area contributed by atoms with Gasteiger partial charge in [-0.3, -0.25) is 14.8 Å². The van der Waals surface area contributed by atoms with E-state index in [2.05, 4.69) is 58.8 Å². The van der Waals surface area contributed by atoms with Crippen molar-refractivity contribution in [2.75, 3.05) is 5.32 Å². The molecule has 0 atom stereocenters. The number of anilines is 1. The van der Waals surface area contributed by atoms with Gasteiger partial charge in [0.05, 0.1) is 5.41 Å². The van der Waals surface area contributed by atoms with Crippen molar-refractivity contribution in [3.8, 4) is 11.1 Å². The lowest BCUT2D eigenvalue weighted by molar-refractivity contribution is -0.121. The smallest absolute Gasteiger partial charge is 0.274 e. The number of carbonyl (C=O) groups is 2. The maximum Gasteiger partial charge on any atom is 0.274 e. The van der Waals surface area contributed by atoms with Crippen LogP contribution >= 0.6 is 0 Å². The number of hydrogen-bond donors (Lipinski definition) is 4. The quantitative estimate of drug-likeness (QED) is 0.248. The molecule has 1 aliphatic carbocycles. The fourth-order valence-electron chi connectivity index (χ4n) is 4.86. The van der Waals surface area contributed by atoms with Gasteiger partial charge in [-0.25, -0.2) is 5.48 Å². The third kappa shape index (κ3) is 3.90. The van der Waals surface area contributed by atoms with E-state index in [0.717, 1.165) is 47.9 Å². The highest BCUT2D eigenvalue weighted by molar-refractivity contribution is 6.00. The lowest BCUT2D eigenvalue weighted by Crippen LogP contribution is -2.38. The molecular formula is C27H25N3O3. The normalized spacial score (nSPS) is 14.8. The summed E-state index contributed by atoms with van der Waals surface area (Å²) >= 11 is 0. The Bertz CT molecular complexity index is 1300. The number of fused-ring (bicyclic) bond motifs is 1. The number of nitrogens with one attached hydrogen (secondary N) is 3. The standard InChI is InChI=1S/C27H25N3O3/c31-25(30-33)19-5-10-23(11-6-19)29-26(32)27(14-1-2-15-27)22-8-3-18(4-9-22)20-7-12-24-21(17-20)13-16-28-24/h3-13,16-17,28,33H,1-2,14-15H2,(H,29,32)(H,30,31). The zero-order chi connectivity index (χ0) is 22.8. The molecule has 6 nitrogen and oxygen atoms in total. The molecule has 4 N–H and O–H groups in total. The van der Waals surface area contributed by atoms with Gasteiger partial charge in [0, 0.05) is 23.0 Å². The van der Waals surface area contributed by atoms with Gasteiger partial charge in [0.1, 0.15) is 0 Å². The van der Waals surface area contributed by atoms with Gasteiger partial charge in [-0.1, -0.05) is 43.2 Å². The molecule has 0 bridgehead atoms. The molecular weight excluding hydrogens is 414 g/mol. The van der Waals surface area contributed by atoms with Crippen LogP contribution in [0, 0.1) is 0 Å². The number of rotatable bonds is 5. The molecule has 4 aromatic rings. The first-order valence-corrected chi connectivity index (χ1v) is 11.1. The SMILES string of the molecule is O=C(NO)c1ccc(NC(=O)C2(c3ccc(-c4ccc5[nH]ccc5c4)cc3)CCCC2)cc1. The van der Waals surface area contributed by atoms with Gasteiger partial charge in [-0.2, -0.15) is 0 Å². The van der Waals surface area contributed by atoms with Crippen molar-refractivity contribution in [2.24, 2.45) is 0 Å². The van der Waals surface area contributed by atoms with Crippen LogP contribution in [0.2, 0.25) is 0 Å². The van der Waals surface area contributed by atoms with Gasteiger partial charge < -0.3 is 10.3 Å². The van der Waals surface area contributed by atoms with E-state index in [1.807, 2.05) is 6.20 Å². The summed E-state index contributed by atoms with van der Waals surface area (Å²) in [5.74, 6) is -0.614. The zero-order valence-corrected chi connectivity index (χ0v) is 18.1. The van der Waals surface area contributed by atoms with Crippen LogP contribution in [0.25, 0.3) is 22.0 Å². The number of benzene rings is 3. The Kier molecular flexibility index (Phi) is 5.44. The highest BCUT2D eigenvalue weighted by atomic mass is 16.5. The summed E-state index contributed by atoms with van der Waals surface area (Å²) < 4.78 is 0.